The van der Waals surface area contributed by atoms with Crippen LogP contribution in [0.5, 0.6) is 0 Å². The van der Waals surface area contributed by atoms with Crippen molar-refractivity contribution in [1.82, 2.24) is 5.23 Å². The number of nitrogens with one attached hydrogen (secondary N) is 1. The summed E-state index contributed by atoms with van der Waals surface area (Å²) in [4.78, 5) is 0. The van der Waals surface area contributed by atoms with Gasteiger partial charge in [-0.15, -0.1) is 6.42 Å². The van der Waals surface area contributed by atoms with E-state index in [1.54, 1.807) is 0 Å². The molecule has 0 heterocycles. The molecular formula is C7H12BNO2. The van der Waals surface area contributed by atoms with Crippen molar-refractivity contribution in [2.75, 3.05) is 33.0 Å². The molecule has 11 heavy (non-hydrogen) atoms. The lowest BCUT2D eigenvalue weighted by atomic mass is 10.4. The predicted molar refractivity (Wildman–Crippen MR) is 44.2 cm³/mol. The summed E-state index contributed by atoms with van der Waals surface area (Å²) in [5, 5.41) is 2.47. The molecule has 0 aliphatic heterocycles. The second-order valence-corrected chi connectivity index (χ2v) is 1.82. The molecule has 0 fully saturated rings. The van der Waals surface area contributed by atoms with Gasteiger partial charge in [0.2, 0.25) is 0 Å². The van der Waals surface area contributed by atoms with Crippen LogP contribution in [0, 0.1) is 12.3 Å². The summed E-state index contributed by atoms with van der Waals surface area (Å²) in [6.45, 7) is 2.68. The normalized spacial score (nSPS) is 9.36. The minimum absolute atomic E-state index is 0.346. The highest BCUT2D eigenvalue weighted by molar-refractivity contribution is 6.04. The molecule has 0 aromatic heterocycles. The third-order valence-electron chi connectivity index (χ3n) is 0.948. The molecule has 2 radical (unpaired) electrons. The fourth-order valence-electron chi connectivity index (χ4n) is 0.482. The first-order valence-electron chi connectivity index (χ1n) is 3.44. The summed E-state index contributed by atoms with van der Waals surface area (Å²) in [5.74, 6) is 2.36. The largest absolute Gasteiger partial charge is 0.378 e. The van der Waals surface area contributed by atoms with Crippen LogP contribution < -0.4 is 5.23 Å². The molecule has 0 atom stereocenters. The van der Waals surface area contributed by atoms with E-state index in [4.69, 9.17) is 23.9 Å². The summed E-state index contributed by atoms with van der Waals surface area (Å²) < 4.78 is 10.0. The van der Waals surface area contributed by atoms with Crippen LogP contribution in [0.15, 0.2) is 0 Å². The first-order chi connectivity index (χ1) is 5.41. The van der Waals surface area contributed by atoms with E-state index in [0.29, 0.717) is 33.0 Å². The van der Waals surface area contributed by atoms with Crippen LogP contribution in [-0.4, -0.2) is 41.0 Å². The summed E-state index contributed by atoms with van der Waals surface area (Å²) in [7, 11) is 5.00. The molecule has 60 valence electrons. The van der Waals surface area contributed by atoms with E-state index in [9.17, 15) is 0 Å². The molecule has 1 N–H and O–H groups in total. The minimum atomic E-state index is 0.346. The predicted octanol–water partition coefficient (Wildman–Crippen LogP) is -0.674. The Morgan fingerprint density at radius 2 is 2.00 bits per heavy atom. The lowest BCUT2D eigenvalue weighted by molar-refractivity contribution is 0.0628. The van der Waals surface area contributed by atoms with Crippen LogP contribution in [0.1, 0.15) is 0 Å². The quantitative estimate of drug-likeness (QED) is 0.299. The van der Waals surface area contributed by atoms with Gasteiger partial charge in [0.25, 0.3) is 0 Å². The van der Waals surface area contributed by atoms with Gasteiger partial charge in [0.15, 0.2) is 7.98 Å². The second kappa shape index (κ2) is 9.50. The molecular weight excluding hydrogens is 141 g/mol. The van der Waals surface area contributed by atoms with Crippen molar-refractivity contribution >= 4 is 7.98 Å². The van der Waals surface area contributed by atoms with Crippen molar-refractivity contribution in [1.29, 1.82) is 0 Å². The zero-order valence-electron chi connectivity index (χ0n) is 6.51. The molecule has 0 aliphatic rings. The molecule has 0 aromatic rings. The Bertz CT molecular complexity index is 113. The molecule has 0 saturated heterocycles. The number of ether oxygens (including phenoxy) is 2. The van der Waals surface area contributed by atoms with Crippen molar-refractivity contribution in [3.8, 4) is 12.3 Å². The van der Waals surface area contributed by atoms with Gasteiger partial charge in [-0.2, -0.15) is 0 Å². The summed E-state index contributed by atoms with van der Waals surface area (Å²) >= 11 is 0. The van der Waals surface area contributed by atoms with Crippen LogP contribution in [-0.2, 0) is 9.47 Å². The van der Waals surface area contributed by atoms with E-state index in [-0.39, 0.29) is 0 Å². The van der Waals surface area contributed by atoms with Crippen LogP contribution in [0.3, 0.4) is 0 Å². The molecule has 0 aliphatic carbocycles. The molecule has 0 bridgehead atoms. The first-order valence-corrected chi connectivity index (χ1v) is 3.44. The molecule has 0 aromatic carbocycles. The Morgan fingerprint density at radius 3 is 2.64 bits per heavy atom. The van der Waals surface area contributed by atoms with E-state index in [1.165, 1.54) is 0 Å². The highest BCUT2D eigenvalue weighted by Crippen LogP contribution is 1.76. The van der Waals surface area contributed by atoms with Gasteiger partial charge in [-0.1, -0.05) is 5.92 Å². The SMILES string of the molecule is [B]NCCOCCOCC#C. The van der Waals surface area contributed by atoms with Crippen molar-refractivity contribution in [2.45, 2.75) is 0 Å². The maximum Gasteiger partial charge on any atom is 0.177 e. The highest BCUT2D eigenvalue weighted by Gasteiger charge is 1.86. The van der Waals surface area contributed by atoms with E-state index in [1.807, 2.05) is 0 Å². The third kappa shape index (κ3) is 9.50. The monoisotopic (exact) mass is 153 g/mol. The number of hydrogen-bond acceptors (Lipinski definition) is 3. The van der Waals surface area contributed by atoms with Crippen molar-refractivity contribution in [3.63, 3.8) is 0 Å². The lowest BCUT2D eigenvalue weighted by Gasteiger charge is -2.02. The maximum absolute atomic E-state index is 5.08. The van der Waals surface area contributed by atoms with Gasteiger partial charge in [-0.25, -0.2) is 0 Å². The molecule has 0 amide bonds. The van der Waals surface area contributed by atoms with E-state index < -0.39 is 0 Å². The van der Waals surface area contributed by atoms with Gasteiger partial charge in [0.05, 0.1) is 19.8 Å². The Hall–Kier alpha value is -0.495. The second-order valence-electron chi connectivity index (χ2n) is 1.82. The van der Waals surface area contributed by atoms with Crippen molar-refractivity contribution in [3.05, 3.63) is 0 Å². The lowest BCUT2D eigenvalue weighted by Crippen LogP contribution is -2.17. The van der Waals surface area contributed by atoms with Crippen LogP contribution in [0.25, 0.3) is 0 Å². The van der Waals surface area contributed by atoms with Gasteiger partial charge in [-0.05, 0) is 0 Å². The fourth-order valence-corrected chi connectivity index (χ4v) is 0.482. The molecule has 0 spiro atoms. The van der Waals surface area contributed by atoms with Crippen LogP contribution in [0.2, 0.25) is 0 Å². The van der Waals surface area contributed by atoms with Crippen molar-refractivity contribution < 1.29 is 9.47 Å². The van der Waals surface area contributed by atoms with Gasteiger partial charge >= 0.3 is 0 Å². The Labute approximate surface area is 68.9 Å². The summed E-state index contributed by atoms with van der Waals surface area (Å²) in [5.41, 5.74) is 0. The topological polar surface area (TPSA) is 30.5 Å². The highest BCUT2D eigenvalue weighted by atomic mass is 16.5. The van der Waals surface area contributed by atoms with Gasteiger partial charge < -0.3 is 14.7 Å². The maximum atomic E-state index is 5.08. The average Bonchev–Trinajstić information content (AvgIpc) is 2.03. The molecule has 4 heteroatoms. The molecule has 0 unspecified atom stereocenters. The Morgan fingerprint density at radius 1 is 1.27 bits per heavy atom. The summed E-state index contributed by atoms with van der Waals surface area (Å²) in [6, 6.07) is 0. The zero-order chi connectivity index (χ0) is 8.36. The minimum Gasteiger partial charge on any atom is -0.378 e. The van der Waals surface area contributed by atoms with Crippen LogP contribution in [0.4, 0.5) is 0 Å². The van der Waals surface area contributed by atoms with Crippen LogP contribution >= 0.6 is 0 Å². The van der Waals surface area contributed by atoms with E-state index >= 15 is 0 Å². The molecule has 0 rings (SSSR count). The zero-order valence-corrected chi connectivity index (χ0v) is 6.51. The third-order valence-corrected chi connectivity index (χ3v) is 0.948. The first kappa shape index (κ1) is 10.5. The average molecular weight is 153 g/mol. The van der Waals surface area contributed by atoms with Gasteiger partial charge in [-0.3, -0.25) is 0 Å². The molecule has 0 saturated carbocycles. The number of rotatable bonds is 7. The van der Waals surface area contributed by atoms with E-state index in [0.717, 1.165) is 0 Å². The Kier molecular flexibility index (Phi) is 9.08. The fraction of sp³-hybridized carbons (Fsp3) is 0.714. The smallest absolute Gasteiger partial charge is 0.177 e. The number of hydrogen-bond donors (Lipinski definition) is 1. The van der Waals surface area contributed by atoms with Crippen molar-refractivity contribution in [2.24, 2.45) is 0 Å². The number of terminal acetylenes is 1. The van der Waals surface area contributed by atoms with Gasteiger partial charge in [0.1, 0.15) is 6.61 Å². The summed E-state index contributed by atoms with van der Waals surface area (Å²) in [6.07, 6.45) is 4.95. The Balaban J connectivity index is 2.75. The van der Waals surface area contributed by atoms with E-state index in [2.05, 4.69) is 11.1 Å². The standard InChI is InChI=1S/C7H12BNO2/c1-2-4-10-6-7-11-5-3-9-8/h1,9H,3-7H2. The van der Waals surface area contributed by atoms with Gasteiger partial charge in [0, 0.05) is 6.54 Å². The molecule has 3 nitrogen and oxygen atoms in total.